The van der Waals surface area contributed by atoms with Gasteiger partial charge in [0.15, 0.2) is 0 Å². The Hall–Kier alpha value is -3.65. The summed E-state index contributed by atoms with van der Waals surface area (Å²) < 4.78 is 34.4. The molecule has 0 spiro atoms. The van der Waals surface area contributed by atoms with Crippen LogP contribution in [0.15, 0.2) is 84.0 Å². The molecule has 0 unspecified atom stereocenters. The highest BCUT2D eigenvalue weighted by molar-refractivity contribution is 7.92. The summed E-state index contributed by atoms with van der Waals surface area (Å²) in [6.45, 7) is 0. The van der Waals surface area contributed by atoms with Gasteiger partial charge >= 0.3 is 5.97 Å². The van der Waals surface area contributed by atoms with Crippen LogP contribution in [-0.4, -0.2) is 31.2 Å². The van der Waals surface area contributed by atoms with Crippen molar-refractivity contribution in [3.05, 3.63) is 84.7 Å². The molecule has 164 valence electrons. The van der Waals surface area contributed by atoms with Crippen LogP contribution in [0.3, 0.4) is 0 Å². The molecule has 0 aliphatic heterocycles. The summed E-state index contributed by atoms with van der Waals surface area (Å²) in [5.74, 6) is 0.000169. The van der Waals surface area contributed by atoms with Gasteiger partial charge in [-0.1, -0.05) is 30.3 Å². The first-order chi connectivity index (χ1) is 15.3. The van der Waals surface area contributed by atoms with Crippen molar-refractivity contribution in [2.45, 2.75) is 17.7 Å². The van der Waals surface area contributed by atoms with E-state index in [0.717, 1.165) is 16.3 Å². The monoisotopic (exact) mass is 449 g/mol. The van der Waals surface area contributed by atoms with Gasteiger partial charge in [0.2, 0.25) is 0 Å². The van der Waals surface area contributed by atoms with Gasteiger partial charge in [-0.3, -0.25) is 13.8 Å². The summed E-state index contributed by atoms with van der Waals surface area (Å²) in [4.78, 5) is 12.3. The third kappa shape index (κ3) is 4.65. The Balaban J connectivity index is 1.43. The zero-order valence-corrected chi connectivity index (χ0v) is 18.6. The first-order valence-electron chi connectivity index (χ1n) is 10.1. The summed E-state index contributed by atoms with van der Waals surface area (Å²) in [5, 5.41) is 5.90. The smallest absolute Gasteiger partial charge is 0.311 e. The second-order valence-electron chi connectivity index (χ2n) is 7.47. The number of benzene rings is 3. The summed E-state index contributed by atoms with van der Waals surface area (Å²) >= 11 is 0. The van der Waals surface area contributed by atoms with E-state index in [1.807, 2.05) is 37.5 Å². The predicted molar refractivity (Wildman–Crippen MR) is 123 cm³/mol. The molecule has 0 atom stereocenters. The molecule has 0 amide bonds. The Morgan fingerprint density at radius 1 is 1.03 bits per heavy atom. The number of nitrogens with zero attached hydrogens (tertiary/aromatic N) is 3. The van der Waals surface area contributed by atoms with Crippen molar-refractivity contribution in [1.82, 2.24) is 9.78 Å². The number of esters is 1. The van der Waals surface area contributed by atoms with Crippen LogP contribution in [0.25, 0.3) is 10.8 Å². The van der Waals surface area contributed by atoms with Crippen molar-refractivity contribution >= 4 is 32.5 Å². The number of ether oxygens (including phenoxy) is 1. The number of rotatable bonds is 7. The molecule has 7 nitrogen and oxygen atoms in total. The van der Waals surface area contributed by atoms with Crippen molar-refractivity contribution < 1.29 is 17.9 Å². The Bertz CT molecular complexity index is 1360. The average molecular weight is 450 g/mol. The largest absolute Gasteiger partial charge is 0.427 e. The highest BCUT2D eigenvalue weighted by Gasteiger charge is 2.21. The molecular formula is C24H23N3O4S. The van der Waals surface area contributed by atoms with Crippen molar-refractivity contribution in [3.8, 4) is 5.75 Å². The van der Waals surface area contributed by atoms with E-state index in [2.05, 4.69) is 5.10 Å². The van der Waals surface area contributed by atoms with E-state index in [9.17, 15) is 13.2 Å². The van der Waals surface area contributed by atoms with E-state index in [0.29, 0.717) is 17.9 Å². The minimum absolute atomic E-state index is 0.213. The zero-order chi connectivity index (χ0) is 22.7. The molecule has 3 aromatic carbocycles. The number of aryl methyl sites for hydroxylation is 2. The van der Waals surface area contributed by atoms with Crippen molar-refractivity contribution in [2.75, 3.05) is 11.4 Å². The van der Waals surface area contributed by atoms with Gasteiger partial charge in [0.1, 0.15) is 5.75 Å². The molecule has 0 saturated carbocycles. The number of anilines is 1. The molecule has 1 aromatic heterocycles. The Labute approximate surface area is 186 Å². The van der Waals surface area contributed by atoms with Crippen LogP contribution in [-0.2, 0) is 28.3 Å². The van der Waals surface area contributed by atoms with Gasteiger partial charge in [0.05, 0.1) is 23.2 Å². The number of fused-ring (bicyclic) bond motifs is 1. The molecule has 1 heterocycles. The average Bonchev–Trinajstić information content (AvgIpc) is 3.22. The topological polar surface area (TPSA) is 81.5 Å². The fourth-order valence-corrected chi connectivity index (χ4v) is 4.61. The maximum atomic E-state index is 13.1. The fourth-order valence-electron chi connectivity index (χ4n) is 3.38. The Morgan fingerprint density at radius 2 is 1.75 bits per heavy atom. The molecule has 8 heteroatoms. The van der Waals surface area contributed by atoms with Gasteiger partial charge in [-0.2, -0.15) is 5.10 Å². The third-order valence-corrected chi connectivity index (χ3v) is 6.97. The summed E-state index contributed by atoms with van der Waals surface area (Å²) in [6.07, 6.45) is 4.34. The minimum atomic E-state index is -3.74. The van der Waals surface area contributed by atoms with Gasteiger partial charge in [-0.15, -0.1) is 0 Å². The van der Waals surface area contributed by atoms with Crippen molar-refractivity contribution in [2.24, 2.45) is 7.05 Å². The molecule has 0 saturated heterocycles. The van der Waals surface area contributed by atoms with E-state index in [1.165, 1.54) is 11.4 Å². The molecule has 32 heavy (non-hydrogen) atoms. The van der Waals surface area contributed by atoms with Crippen molar-refractivity contribution in [1.29, 1.82) is 0 Å². The molecular weight excluding hydrogens is 426 g/mol. The summed E-state index contributed by atoms with van der Waals surface area (Å²) in [6, 6.07) is 19.1. The predicted octanol–water partition coefficient (Wildman–Crippen LogP) is 3.94. The maximum Gasteiger partial charge on any atom is 0.311 e. The van der Waals surface area contributed by atoms with Crippen LogP contribution >= 0.6 is 0 Å². The maximum absolute atomic E-state index is 13.1. The number of carbonyl (C=O) groups excluding carboxylic acids is 1. The molecule has 4 rings (SSSR count). The van der Waals surface area contributed by atoms with Gasteiger partial charge in [-0.05, 0) is 59.2 Å². The molecule has 4 aromatic rings. The van der Waals surface area contributed by atoms with Crippen LogP contribution < -0.4 is 9.04 Å². The van der Waals surface area contributed by atoms with Crippen LogP contribution in [0.1, 0.15) is 12.0 Å². The highest BCUT2D eigenvalue weighted by Crippen LogP contribution is 2.26. The van der Waals surface area contributed by atoms with E-state index in [4.69, 9.17) is 4.74 Å². The number of hydrogen-bond donors (Lipinski definition) is 0. The zero-order valence-electron chi connectivity index (χ0n) is 17.8. The number of aromatic nitrogens is 2. The fraction of sp³-hybridized carbons (Fsp3) is 0.167. The minimum Gasteiger partial charge on any atom is -0.427 e. The van der Waals surface area contributed by atoms with Gasteiger partial charge in [-0.25, -0.2) is 8.42 Å². The molecule has 0 aliphatic carbocycles. The summed E-state index contributed by atoms with van der Waals surface area (Å²) in [5.41, 5.74) is 1.42. The molecule has 0 fully saturated rings. The van der Waals surface area contributed by atoms with Crippen LogP contribution in [0.2, 0.25) is 0 Å². The lowest BCUT2D eigenvalue weighted by molar-refractivity contribution is -0.134. The first kappa shape index (κ1) is 21.6. The Morgan fingerprint density at radius 3 is 2.44 bits per heavy atom. The number of carbonyl (C=O) groups is 1. The third-order valence-electron chi connectivity index (χ3n) is 5.19. The van der Waals surface area contributed by atoms with E-state index in [1.54, 1.807) is 53.3 Å². The van der Waals surface area contributed by atoms with Crippen molar-refractivity contribution in [3.63, 3.8) is 0 Å². The van der Waals surface area contributed by atoms with Gasteiger partial charge in [0.25, 0.3) is 10.0 Å². The van der Waals surface area contributed by atoms with Crippen LogP contribution in [0, 0.1) is 0 Å². The highest BCUT2D eigenvalue weighted by atomic mass is 32.2. The number of sulfonamides is 1. The lowest BCUT2D eigenvalue weighted by Gasteiger charge is -2.20. The molecule has 0 radical (unpaired) electrons. The quantitative estimate of drug-likeness (QED) is 0.315. The normalized spacial score (nSPS) is 11.4. The second kappa shape index (κ2) is 8.84. The lowest BCUT2D eigenvalue weighted by atomic mass is 10.1. The Kier molecular flexibility index (Phi) is 5.96. The molecule has 0 bridgehead atoms. The van der Waals surface area contributed by atoms with E-state index < -0.39 is 10.0 Å². The second-order valence-corrected chi connectivity index (χ2v) is 9.44. The standard InChI is InChI=1S/C24H23N3O4S/c1-26-17-18(16-25-26)7-14-24(28)31-22-11-9-21(10-12-22)27(2)32(29,30)23-13-8-19-5-3-4-6-20(19)15-23/h3-6,8-13,15-17H,7,14H2,1-2H3. The van der Waals surface area contributed by atoms with Gasteiger partial charge in [0, 0.05) is 20.3 Å². The molecule has 0 aliphatic rings. The summed E-state index contributed by atoms with van der Waals surface area (Å²) in [7, 11) is -0.420. The first-order valence-corrected chi connectivity index (χ1v) is 11.5. The van der Waals surface area contributed by atoms with Crippen LogP contribution in [0.5, 0.6) is 5.75 Å². The van der Waals surface area contributed by atoms with Gasteiger partial charge < -0.3 is 4.74 Å². The molecule has 0 N–H and O–H groups in total. The van der Waals surface area contributed by atoms with Crippen LogP contribution in [0.4, 0.5) is 5.69 Å². The van der Waals surface area contributed by atoms with E-state index >= 15 is 0 Å². The van der Waals surface area contributed by atoms with E-state index in [-0.39, 0.29) is 17.3 Å². The SMILES string of the molecule is CN(c1ccc(OC(=O)CCc2cnn(C)c2)cc1)S(=O)(=O)c1ccc2ccccc2c1. The number of hydrogen-bond acceptors (Lipinski definition) is 5. The lowest BCUT2D eigenvalue weighted by Crippen LogP contribution is -2.26.